The van der Waals surface area contributed by atoms with E-state index in [4.69, 9.17) is 4.74 Å². The van der Waals surface area contributed by atoms with Crippen molar-refractivity contribution in [3.05, 3.63) is 0 Å². The molecule has 1 N–H and O–H groups in total. The zero-order chi connectivity index (χ0) is 11.0. The molecule has 0 radical (unpaired) electrons. The third-order valence-electron chi connectivity index (χ3n) is 2.60. The second-order valence-electron chi connectivity index (χ2n) is 4.83. The summed E-state index contributed by atoms with van der Waals surface area (Å²) in [6.45, 7) is 10.8. The first-order valence-corrected chi connectivity index (χ1v) is 5.80. The molecule has 0 saturated heterocycles. The van der Waals surface area contributed by atoms with Gasteiger partial charge in [-0.15, -0.1) is 0 Å². The fourth-order valence-corrected chi connectivity index (χ4v) is 1.74. The lowest BCUT2D eigenvalue weighted by molar-refractivity contribution is 0.0983. The van der Waals surface area contributed by atoms with Gasteiger partial charge in [-0.25, -0.2) is 0 Å². The van der Waals surface area contributed by atoms with Crippen LogP contribution in [0.1, 0.15) is 40.5 Å². The molecule has 0 aliphatic heterocycles. The van der Waals surface area contributed by atoms with Crippen LogP contribution in [0.3, 0.4) is 0 Å². The van der Waals surface area contributed by atoms with Crippen LogP contribution in [-0.2, 0) is 4.74 Å². The van der Waals surface area contributed by atoms with Crippen molar-refractivity contribution >= 4 is 0 Å². The number of nitrogens with one attached hydrogen (secondary N) is 1. The summed E-state index contributed by atoms with van der Waals surface area (Å²) < 4.78 is 5.43. The van der Waals surface area contributed by atoms with E-state index in [9.17, 15) is 0 Å². The molecule has 0 amide bonds. The van der Waals surface area contributed by atoms with Crippen LogP contribution in [0.5, 0.6) is 0 Å². The molecular formula is C12H27NO. The van der Waals surface area contributed by atoms with E-state index in [1.54, 1.807) is 0 Å². The van der Waals surface area contributed by atoms with Crippen molar-refractivity contribution in [1.82, 2.24) is 5.32 Å². The van der Waals surface area contributed by atoms with Crippen LogP contribution in [0.4, 0.5) is 0 Å². The summed E-state index contributed by atoms with van der Waals surface area (Å²) in [4.78, 5) is 0. The van der Waals surface area contributed by atoms with Gasteiger partial charge in [0.2, 0.25) is 0 Å². The van der Waals surface area contributed by atoms with Crippen LogP contribution in [0.2, 0.25) is 0 Å². The first-order chi connectivity index (χ1) is 6.57. The zero-order valence-corrected chi connectivity index (χ0v) is 10.5. The van der Waals surface area contributed by atoms with Gasteiger partial charge in [0.25, 0.3) is 0 Å². The Hall–Kier alpha value is -0.0800. The van der Waals surface area contributed by atoms with E-state index in [1.807, 2.05) is 7.05 Å². The first-order valence-electron chi connectivity index (χ1n) is 5.80. The van der Waals surface area contributed by atoms with E-state index < -0.39 is 0 Å². The van der Waals surface area contributed by atoms with Crippen LogP contribution in [0.15, 0.2) is 0 Å². The molecule has 0 spiro atoms. The molecule has 0 aliphatic rings. The van der Waals surface area contributed by atoms with E-state index in [0.29, 0.717) is 6.73 Å². The molecule has 0 aromatic carbocycles. The summed E-state index contributed by atoms with van der Waals surface area (Å²) in [7, 11) is 1.91. The van der Waals surface area contributed by atoms with Crippen LogP contribution >= 0.6 is 0 Å². The Kier molecular flexibility index (Phi) is 8.20. The van der Waals surface area contributed by atoms with Crippen LogP contribution in [-0.4, -0.2) is 20.4 Å². The smallest absolute Gasteiger partial charge is 0.0962 e. The Morgan fingerprint density at radius 3 is 2.21 bits per heavy atom. The van der Waals surface area contributed by atoms with Gasteiger partial charge in [0.1, 0.15) is 0 Å². The average molecular weight is 201 g/mol. The fourth-order valence-electron chi connectivity index (χ4n) is 1.74. The maximum absolute atomic E-state index is 5.43. The number of ether oxygens (including phenoxy) is 1. The third kappa shape index (κ3) is 7.34. The van der Waals surface area contributed by atoms with E-state index in [1.165, 1.54) is 12.8 Å². The summed E-state index contributed by atoms with van der Waals surface area (Å²) in [6.07, 6.45) is 2.51. The standard InChI is InChI=1S/C12H27NO/c1-10(2)8-12(11(3)4)6-7-14-9-13-5/h10-13H,6-9H2,1-5H3. The number of rotatable bonds is 8. The highest BCUT2D eigenvalue weighted by molar-refractivity contribution is 4.64. The van der Waals surface area contributed by atoms with Crippen LogP contribution < -0.4 is 5.32 Å². The van der Waals surface area contributed by atoms with Crippen molar-refractivity contribution in [1.29, 1.82) is 0 Å². The molecule has 14 heavy (non-hydrogen) atoms. The Morgan fingerprint density at radius 2 is 1.79 bits per heavy atom. The molecule has 0 rings (SSSR count). The predicted octanol–water partition coefficient (Wildman–Crippen LogP) is 2.89. The lowest BCUT2D eigenvalue weighted by Crippen LogP contribution is -2.17. The van der Waals surface area contributed by atoms with Crippen molar-refractivity contribution < 1.29 is 4.74 Å². The topological polar surface area (TPSA) is 21.3 Å². The van der Waals surface area contributed by atoms with Gasteiger partial charge in [-0.3, -0.25) is 5.32 Å². The molecule has 0 aromatic heterocycles. The Labute approximate surface area is 89.4 Å². The highest BCUT2D eigenvalue weighted by Crippen LogP contribution is 2.23. The van der Waals surface area contributed by atoms with Gasteiger partial charge in [-0.1, -0.05) is 27.7 Å². The van der Waals surface area contributed by atoms with Crippen LogP contribution in [0.25, 0.3) is 0 Å². The zero-order valence-electron chi connectivity index (χ0n) is 10.5. The monoisotopic (exact) mass is 201 g/mol. The maximum atomic E-state index is 5.43. The summed E-state index contributed by atoms with van der Waals surface area (Å²) >= 11 is 0. The van der Waals surface area contributed by atoms with E-state index >= 15 is 0 Å². The highest BCUT2D eigenvalue weighted by Gasteiger charge is 2.14. The Morgan fingerprint density at radius 1 is 1.14 bits per heavy atom. The lowest BCUT2D eigenvalue weighted by Gasteiger charge is -2.22. The molecule has 0 saturated carbocycles. The second kappa shape index (κ2) is 8.25. The van der Waals surface area contributed by atoms with Crippen molar-refractivity contribution in [2.75, 3.05) is 20.4 Å². The highest BCUT2D eigenvalue weighted by atomic mass is 16.5. The molecular weight excluding hydrogens is 174 g/mol. The normalized spacial score (nSPS) is 13.9. The molecule has 0 bridgehead atoms. The Bertz CT molecular complexity index is 123. The molecule has 0 aliphatic carbocycles. The minimum atomic E-state index is 0.673. The minimum Gasteiger partial charge on any atom is -0.366 e. The van der Waals surface area contributed by atoms with Gasteiger partial charge in [0, 0.05) is 6.61 Å². The van der Waals surface area contributed by atoms with Gasteiger partial charge in [-0.05, 0) is 37.6 Å². The second-order valence-corrected chi connectivity index (χ2v) is 4.83. The molecule has 0 fully saturated rings. The molecule has 0 heterocycles. The molecule has 1 unspecified atom stereocenters. The molecule has 86 valence electrons. The minimum absolute atomic E-state index is 0.673. The SMILES string of the molecule is CNCOCCC(CC(C)C)C(C)C. The van der Waals surface area contributed by atoms with E-state index in [0.717, 1.165) is 24.4 Å². The van der Waals surface area contributed by atoms with Gasteiger partial charge in [-0.2, -0.15) is 0 Å². The van der Waals surface area contributed by atoms with Gasteiger partial charge in [0.05, 0.1) is 6.73 Å². The van der Waals surface area contributed by atoms with Crippen molar-refractivity contribution in [3.8, 4) is 0 Å². The lowest BCUT2D eigenvalue weighted by atomic mass is 9.85. The molecule has 2 nitrogen and oxygen atoms in total. The van der Waals surface area contributed by atoms with Crippen molar-refractivity contribution in [2.24, 2.45) is 17.8 Å². The van der Waals surface area contributed by atoms with Gasteiger partial charge < -0.3 is 4.74 Å². The van der Waals surface area contributed by atoms with Crippen molar-refractivity contribution in [3.63, 3.8) is 0 Å². The number of hydrogen-bond acceptors (Lipinski definition) is 2. The number of hydrogen-bond donors (Lipinski definition) is 1. The Balaban J connectivity index is 3.63. The van der Waals surface area contributed by atoms with Gasteiger partial charge >= 0.3 is 0 Å². The van der Waals surface area contributed by atoms with E-state index in [-0.39, 0.29) is 0 Å². The first kappa shape index (κ1) is 13.9. The largest absolute Gasteiger partial charge is 0.366 e. The summed E-state index contributed by atoms with van der Waals surface area (Å²) in [5.74, 6) is 2.38. The average Bonchev–Trinajstić information content (AvgIpc) is 2.09. The quantitative estimate of drug-likeness (QED) is 0.481. The molecule has 1 atom stereocenters. The maximum Gasteiger partial charge on any atom is 0.0962 e. The summed E-state index contributed by atoms with van der Waals surface area (Å²) in [5, 5.41) is 2.99. The summed E-state index contributed by atoms with van der Waals surface area (Å²) in [6, 6.07) is 0. The van der Waals surface area contributed by atoms with Gasteiger partial charge in [0.15, 0.2) is 0 Å². The summed E-state index contributed by atoms with van der Waals surface area (Å²) in [5.41, 5.74) is 0. The predicted molar refractivity (Wildman–Crippen MR) is 62.3 cm³/mol. The third-order valence-corrected chi connectivity index (χ3v) is 2.60. The van der Waals surface area contributed by atoms with E-state index in [2.05, 4.69) is 33.0 Å². The van der Waals surface area contributed by atoms with Crippen molar-refractivity contribution in [2.45, 2.75) is 40.5 Å². The molecule has 2 heteroatoms. The van der Waals surface area contributed by atoms with Crippen LogP contribution in [0, 0.1) is 17.8 Å². The fraction of sp³-hybridized carbons (Fsp3) is 1.00. The molecule has 0 aromatic rings.